The van der Waals surface area contributed by atoms with E-state index in [-0.39, 0.29) is 37.5 Å². The van der Waals surface area contributed by atoms with Gasteiger partial charge in [0.05, 0.1) is 63.7 Å². The van der Waals surface area contributed by atoms with Gasteiger partial charge in [0, 0.05) is 12.1 Å². The van der Waals surface area contributed by atoms with E-state index in [1.807, 2.05) is 0 Å². The largest absolute Gasteiger partial charge is 0.449 e. The average Bonchev–Trinajstić information content (AvgIpc) is 3.11. The number of hydrogen-bond acceptors (Lipinski definition) is 8. The van der Waals surface area contributed by atoms with Crippen LogP contribution in [0.2, 0.25) is 0 Å². The van der Waals surface area contributed by atoms with Gasteiger partial charge in [-0.15, -0.1) is 26.3 Å². The molecule has 2 aliphatic rings. The van der Waals surface area contributed by atoms with Crippen LogP contribution in [0, 0.1) is 22.7 Å². The fraction of sp³-hybridized carbons (Fsp3) is 0.744. The molecule has 280 valence electrons. The van der Waals surface area contributed by atoms with Gasteiger partial charge in [0.1, 0.15) is 13.2 Å². The van der Waals surface area contributed by atoms with E-state index in [2.05, 4.69) is 50.8 Å². The first kappa shape index (κ1) is 42.5. The van der Waals surface area contributed by atoms with Crippen LogP contribution in [0.3, 0.4) is 0 Å². The Morgan fingerprint density at radius 2 is 0.857 bits per heavy atom. The fourth-order valence-corrected chi connectivity index (χ4v) is 6.71. The molecule has 0 aromatic heterocycles. The van der Waals surface area contributed by atoms with Gasteiger partial charge in [-0.1, -0.05) is 38.2 Å². The second kappa shape index (κ2) is 24.5. The quantitative estimate of drug-likeness (QED) is 0.0707. The monoisotopic (exact) mass is 690 g/mol. The maximum Gasteiger partial charge on any atom is 0.407 e. The van der Waals surface area contributed by atoms with Crippen molar-refractivity contribution in [1.29, 1.82) is 0 Å². The lowest BCUT2D eigenvalue weighted by atomic mass is 9.76. The third-order valence-electron chi connectivity index (χ3n) is 10.1. The van der Waals surface area contributed by atoms with Crippen LogP contribution in [0.1, 0.15) is 84.5 Å². The molecule has 0 bridgehead atoms. The predicted octanol–water partition coefficient (Wildman–Crippen LogP) is 7.55. The van der Waals surface area contributed by atoms with E-state index < -0.39 is 10.8 Å². The van der Waals surface area contributed by atoms with Crippen LogP contribution in [-0.4, -0.2) is 90.3 Å². The zero-order chi connectivity index (χ0) is 35.8. The van der Waals surface area contributed by atoms with Crippen molar-refractivity contribution in [2.24, 2.45) is 22.7 Å². The number of carbonyl (C=O) groups is 2. The minimum Gasteiger partial charge on any atom is -0.449 e. The second-order valence-corrected chi connectivity index (χ2v) is 14.0. The SMILES string of the molecule is C=CCOCC(CC)(COCC=C)COC(=O)NC1CCC(CC2CCC(NC(=O)OCC(CC)(COCC=C)COCC=C)CC2)CC1. The van der Waals surface area contributed by atoms with E-state index in [0.29, 0.717) is 64.7 Å². The summed E-state index contributed by atoms with van der Waals surface area (Å²) in [5, 5.41) is 6.20. The van der Waals surface area contributed by atoms with Crippen molar-refractivity contribution in [2.45, 2.75) is 96.6 Å². The Kier molecular flexibility index (Phi) is 21.2. The van der Waals surface area contributed by atoms with Crippen molar-refractivity contribution < 1.29 is 38.0 Å². The van der Waals surface area contributed by atoms with Gasteiger partial charge in [-0.3, -0.25) is 0 Å². The summed E-state index contributed by atoms with van der Waals surface area (Å²) in [6, 6.07) is 0.265. The van der Waals surface area contributed by atoms with Gasteiger partial charge in [0.15, 0.2) is 0 Å². The summed E-state index contributed by atoms with van der Waals surface area (Å²) < 4.78 is 34.3. The lowest BCUT2D eigenvalue weighted by molar-refractivity contribution is -0.0466. The first-order valence-electron chi connectivity index (χ1n) is 18.4. The lowest BCUT2D eigenvalue weighted by Gasteiger charge is -2.35. The van der Waals surface area contributed by atoms with Crippen LogP contribution >= 0.6 is 0 Å². The van der Waals surface area contributed by atoms with Crippen LogP contribution < -0.4 is 10.6 Å². The Bertz CT molecular complexity index is 868. The predicted molar refractivity (Wildman–Crippen MR) is 195 cm³/mol. The van der Waals surface area contributed by atoms with Gasteiger partial charge in [0.2, 0.25) is 0 Å². The van der Waals surface area contributed by atoms with Crippen LogP contribution in [0.5, 0.6) is 0 Å². The summed E-state index contributed by atoms with van der Waals surface area (Å²) in [5.74, 6) is 1.33. The minimum atomic E-state index is -0.419. The highest BCUT2D eigenvalue weighted by molar-refractivity contribution is 5.68. The number of carbonyl (C=O) groups excluding carboxylic acids is 2. The van der Waals surface area contributed by atoms with Crippen molar-refractivity contribution >= 4 is 12.2 Å². The third-order valence-corrected chi connectivity index (χ3v) is 10.1. The summed E-state index contributed by atoms with van der Waals surface area (Å²) in [6.45, 7) is 22.8. The fourth-order valence-electron chi connectivity index (χ4n) is 6.71. The van der Waals surface area contributed by atoms with Crippen LogP contribution in [0.4, 0.5) is 9.59 Å². The average molecular weight is 691 g/mol. The molecule has 0 saturated heterocycles. The third kappa shape index (κ3) is 16.7. The number of rotatable bonds is 26. The molecule has 0 unspecified atom stereocenters. The maximum atomic E-state index is 12.7. The number of ether oxygens (including phenoxy) is 6. The van der Waals surface area contributed by atoms with Crippen LogP contribution in [-0.2, 0) is 28.4 Å². The summed E-state index contributed by atoms with van der Waals surface area (Å²) in [7, 11) is 0. The lowest BCUT2D eigenvalue weighted by Crippen LogP contribution is -2.43. The van der Waals surface area contributed by atoms with Crippen LogP contribution in [0.25, 0.3) is 0 Å². The molecule has 2 rings (SSSR count). The number of alkyl carbamates (subject to hydrolysis) is 2. The second-order valence-electron chi connectivity index (χ2n) is 14.0. The number of nitrogens with one attached hydrogen (secondary N) is 2. The molecule has 2 N–H and O–H groups in total. The maximum absolute atomic E-state index is 12.7. The van der Waals surface area contributed by atoms with Gasteiger partial charge < -0.3 is 39.1 Å². The van der Waals surface area contributed by atoms with Gasteiger partial charge >= 0.3 is 12.2 Å². The molecule has 0 aromatic rings. The van der Waals surface area contributed by atoms with E-state index >= 15 is 0 Å². The Balaban J connectivity index is 1.70. The van der Waals surface area contributed by atoms with E-state index in [9.17, 15) is 9.59 Å². The Morgan fingerprint density at radius 3 is 1.12 bits per heavy atom. The topological polar surface area (TPSA) is 114 Å². The molecule has 2 amide bonds. The standard InChI is InChI=1S/C39H66N2O8/c1-7-21-44-26-38(11-5,27-45-22-8-2)30-48-36(42)40-34-17-13-32(14-18-34)25-33-15-19-35(20-16-33)41-37(43)49-31-39(12-6,28-46-23-9-3)29-47-24-10-4/h7-10,32-35H,1-4,11-31H2,5-6H3,(H,40,42)(H,41,43). The highest BCUT2D eigenvalue weighted by atomic mass is 16.6. The van der Waals surface area contributed by atoms with E-state index in [4.69, 9.17) is 28.4 Å². The smallest absolute Gasteiger partial charge is 0.407 e. The molecular formula is C39H66N2O8. The Labute approximate surface area is 296 Å². The van der Waals surface area contributed by atoms with Crippen molar-refractivity contribution in [3.8, 4) is 0 Å². The van der Waals surface area contributed by atoms with Crippen molar-refractivity contribution in [3.05, 3.63) is 50.6 Å². The van der Waals surface area contributed by atoms with Crippen molar-refractivity contribution in [3.63, 3.8) is 0 Å². The highest BCUT2D eigenvalue weighted by Crippen LogP contribution is 2.36. The van der Waals surface area contributed by atoms with Crippen molar-refractivity contribution in [2.75, 3.05) is 66.1 Å². The molecule has 0 aliphatic heterocycles. The van der Waals surface area contributed by atoms with Gasteiger partial charge in [0.25, 0.3) is 0 Å². The first-order valence-corrected chi connectivity index (χ1v) is 18.4. The van der Waals surface area contributed by atoms with Gasteiger partial charge in [-0.2, -0.15) is 0 Å². The first-order chi connectivity index (χ1) is 23.8. The summed E-state index contributed by atoms with van der Waals surface area (Å²) in [5.41, 5.74) is -0.837. The molecule has 0 aromatic carbocycles. The van der Waals surface area contributed by atoms with Crippen molar-refractivity contribution in [1.82, 2.24) is 10.6 Å². The molecule has 2 fully saturated rings. The van der Waals surface area contributed by atoms with E-state index in [1.54, 1.807) is 24.3 Å². The number of hydrogen-bond donors (Lipinski definition) is 2. The molecule has 49 heavy (non-hydrogen) atoms. The zero-order valence-electron chi connectivity index (χ0n) is 30.6. The van der Waals surface area contributed by atoms with Gasteiger partial charge in [-0.05, 0) is 82.5 Å². The Morgan fingerprint density at radius 1 is 0.551 bits per heavy atom. The molecular weight excluding hydrogens is 624 g/mol. The molecule has 10 nitrogen and oxygen atoms in total. The molecule has 2 saturated carbocycles. The van der Waals surface area contributed by atoms with Gasteiger partial charge in [-0.25, -0.2) is 9.59 Å². The number of amides is 2. The van der Waals surface area contributed by atoms with E-state index in [1.165, 1.54) is 6.42 Å². The molecule has 0 radical (unpaired) electrons. The highest BCUT2D eigenvalue weighted by Gasteiger charge is 2.34. The molecule has 0 heterocycles. The zero-order valence-corrected chi connectivity index (χ0v) is 30.6. The summed E-state index contributed by atoms with van der Waals surface area (Å²) in [4.78, 5) is 25.5. The minimum absolute atomic E-state index is 0.133. The molecule has 10 heteroatoms. The van der Waals surface area contributed by atoms with Crippen LogP contribution in [0.15, 0.2) is 50.6 Å². The normalized spacial score (nSPS) is 21.3. The Hall–Kier alpha value is -2.66. The molecule has 0 spiro atoms. The van der Waals surface area contributed by atoms with E-state index in [0.717, 1.165) is 64.2 Å². The summed E-state index contributed by atoms with van der Waals surface area (Å²) in [6.07, 6.45) is 17.1. The molecule has 2 aliphatic carbocycles. The molecule has 0 atom stereocenters. The summed E-state index contributed by atoms with van der Waals surface area (Å²) >= 11 is 0.